The number of fused-ring (bicyclic) bond motifs is 1. The Hall–Kier alpha value is -3.10. The number of aliphatic hydroxyl groups is 1. The smallest absolute Gasteiger partial charge is 0.220 e. The monoisotopic (exact) mass is 538 g/mol. The van der Waals surface area contributed by atoms with Crippen LogP contribution in [0.5, 0.6) is 17.2 Å². The third kappa shape index (κ3) is 8.70. The first-order chi connectivity index (χ1) is 19.0. The second-order valence-corrected chi connectivity index (χ2v) is 10.5. The molecule has 0 spiro atoms. The van der Waals surface area contributed by atoms with Gasteiger partial charge in [-0.1, -0.05) is 31.7 Å². The van der Waals surface area contributed by atoms with Crippen LogP contribution >= 0.6 is 0 Å². The summed E-state index contributed by atoms with van der Waals surface area (Å²) in [6, 6.07) is 12.5. The fourth-order valence-electron chi connectivity index (χ4n) is 5.27. The zero-order valence-corrected chi connectivity index (χ0v) is 23.0. The predicted octanol–water partition coefficient (Wildman–Crippen LogP) is 4.74. The molecule has 1 heterocycles. The molecule has 4 rings (SSSR count). The number of methoxy groups -OCH3 is 1. The molecular formula is C31H42N2O6. The Balaban J connectivity index is 1.26. The van der Waals surface area contributed by atoms with Crippen LogP contribution in [0.1, 0.15) is 86.2 Å². The number of benzene rings is 2. The number of hydrogen-bond acceptors (Lipinski definition) is 7. The van der Waals surface area contributed by atoms with Crippen molar-refractivity contribution in [1.82, 2.24) is 10.6 Å². The van der Waals surface area contributed by atoms with Crippen molar-refractivity contribution in [2.75, 3.05) is 26.9 Å². The van der Waals surface area contributed by atoms with E-state index in [0.717, 1.165) is 31.4 Å². The minimum absolute atomic E-state index is 0.0940. The van der Waals surface area contributed by atoms with Crippen LogP contribution in [-0.2, 0) is 4.79 Å². The summed E-state index contributed by atoms with van der Waals surface area (Å²) in [4.78, 5) is 25.3. The first kappa shape index (κ1) is 28.9. The van der Waals surface area contributed by atoms with Gasteiger partial charge in [0.2, 0.25) is 5.91 Å². The highest BCUT2D eigenvalue weighted by molar-refractivity contribution is 5.96. The van der Waals surface area contributed by atoms with Crippen LogP contribution in [0.3, 0.4) is 0 Å². The van der Waals surface area contributed by atoms with Crippen LogP contribution in [0.2, 0.25) is 0 Å². The molecule has 8 heteroatoms. The summed E-state index contributed by atoms with van der Waals surface area (Å²) in [7, 11) is 1.60. The summed E-state index contributed by atoms with van der Waals surface area (Å²) in [5.74, 6) is 2.02. The van der Waals surface area contributed by atoms with Crippen molar-refractivity contribution in [3.63, 3.8) is 0 Å². The molecule has 3 N–H and O–H groups in total. The lowest BCUT2D eigenvalue weighted by atomic mass is 9.94. The molecule has 0 saturated heterocycles. The number of ether oxygens (including phenoxy) is 3. The Morgan fingerprint density at radius 1 is 0.949 bits per heavy atom. The van der Waals surface area contributed by atoms with Crippen molar-refractivity contribution in [2.24, 2.45) is 0 Å². The van der Waals surface area contributed by atoms with Gasteiger partial charge in [-0.3, -0.25) is 9.59 Å². The Morgan fingerprint density at radius 3 is 2.41 bits per heavy atom. The molecule has 8 nitrogen and oxygen atoms in total. The lowest BCUT2D eigenvalue weighted by Crippen LogP contribution is -2.48. The molecule has 39 heavy (non-hydrogen) atoms. The predicted molar refractivity (Wildman–Crippen MR) is 150 cm³/mol. The second-order valence-electron chi connectivity index (χ2n) is 10.5. The highest BCUT2D eigenvalue weighted by Crippen LogP contribution is 2.33. The zero-order valence-electron chi connectivity index (χ0n) is 23.0. The average molecular weight is 539 g/mol. The minimum atomic E-state index is -0.886. The fraction of sp³-hybridized carbons (Fsp3) is 0.548. The van der Waals surface area contributed by atoms with E-state index in [4.69, 9.17) is 14.2 Å². The molecule has 0 radical (unpaired) electrons. The van der Waals surface area contributed by atoms with Gasteiger partial charge in [-0.05, 0) is 67.6 Å². The van der Waals surface area contributed by atoms with Crippen LogP contribution in [0.4, 0.5) is 0 Å². The molecule has 2 aromatic rings. The quantitative estimate of drug-likeness (QED) is 0.236. The van der Waals surface area contributed by atoms with E-state index in [1.165, 1.54) is 19.3 Å². The lowest BCUT2D eigenvalue weighted by Gasteiger charge is -2.29. The maximum atomic E-state index is 12.9. The van der Waals surface area contributed by atoms with Gasteiger partial charge in [-0.15, -0.1) is 0 Å². The largest absolute Gasteiger partial charge is 0.497 e. The van der Waals surface area contributed by atoms with Gasteiger partial charge in [0.1, 0.15) is 25.1 Å². The molecular weight excluding hydrogens is 496 g/mol. The van der Waals surface area contributed by atoms with Gasteiger partial charge in [-0.25, -0.2) is 0 Å². The summed E-state index contributed by atoms with van der Waals surface area (Å²) >= 11 is 0. The lowest BCUT2D eigenvalue weighted by molar-refractivity contribution is -0.122. The van der Waals surface area contributed by atoms with Crippen molar-refractivity contribution < 1.29 is 28.9 Å². The Labute approximate surface area is 231 Å². The molecule has 2 atom stereocenters. The molecule has 0 unspecified atom stereocenters. The maximum absolute atomic E-state index is 12.9. The number of rotatable bonds is 14. The molecule has 1 saturated carbocycles. The van der Waals surface area contributed by atoms with Crippen molar-refractivity contribution in [3.8, 4) is 17.2 Å². The summed E-state index contributed by atoms with van der Waals surface area (Å²) in [6.45, 7) is 1.47. The molecule has 212 valence electrons. The van der Waals surface area contributed by atoms with E-state index in [1.807, 2.05) is 12.1 Å². The normalized spacial score (nSPS) is 16.8. The molecule has 0 bridgehead atoms. The Morgan fingerprint density at radius 2 is 1.67 bits per heavy atom. The summed E-state index contributed by atoms with van der Waals surface area (Å²) in [5.41, 5.74) is 1.36. The number of hydrogen-bond donors (Lipinski definition) is 3. The topological polar surface area (TPSA) is 106 Å². The first-order valence-electron chi connectivity index (χ1n) is 14.3. The fourth-order valence-corrected chi connectivity index (χ4v) is 5.27. The number of ketones is 1. The minimum Gasteiger partial charge on any atom is -0.497 e. The van der Waals surface area contributed by atoms with E-state index in [9.17, 15) is 14.7 Å². The van der Waals surface area contributed by atoms with E-state index in [1.54, 1.807) is 37.4 Å². The van der Waals surface area contributed by atoms with E-state index in [-0.39, 0.29) is 11.7 Å². The van der Waals surface area contributed by atoms with Crippen LogP contribution in [-0.4, -0.2) is 55.7 Å². The van der Waals surface area contributed by atoms with E-state index >= 15 is 0 Å². The maximum Gasteiger partial charge on any atom is 0.220 e. The second kappa shape index (κ2) is 14.9. The molecule has 2 aliphatic rings. The van der Waals surface area contributed by atoms with Crippen LogP contribution < -0.4 is 24.8 Å². The van der Waals surface area contributed by atoms with E-state index in [2.05, 4.69) is 10.6 Å². The highest BCUT2D eigenvalue weighted by Gasteiger charge is 2.26. The molecule has 1 fully saturated rings. The van der Waals surface area contributed by atoms with Crippen LogP contribution in [0, 0.1) is 0 Å². The summed E-state index contributed by atoms with van der Waals surface area (Å²) in [5, 5.41) is 17.9. The highest BCUT2D eigenvalue weighted by atomic mass is 16.6. The number of unbranched alkanes of at least 4 members (excludes halogenated alkanes) is 2. The third-order valence-electron chi connectivity index (χ3n) is 7.59. The summed E-state index contributed by atoms with van der Waals surface area (Å²) in [6.07, 6.45) is 8.04. The van der Waals surface area contributed by atoms with E-state index in [0.29, 0.717) is 67.7 Å². The molecule has 0 aromatic heterocycles. The van der Waals surface area contributed by atoms with Gasteiger partial charge >= 0.3 is 0 Å². The molecule has 1 amide bonds. The van der Waals surface area contributed by atoms with Gasteiger partial charge in [-0.2, -0.15) is 0 Å². The van der Waals surface area contributed by atoms with Gasteiger partial charge in [0.25, 0.3) is 0 Å². The molecule has 2 aromatic carbocycles. The summed E-state index contributed by atoms with van der Waals surface area (Å²) < 4.78 is 16.4. The van der Waals surface area contributed by atoms with E-state index < -0.39 is 12.1 Å². The molecule has 1 aliphatic heterocycles. The molecule has 1 aliphatic carbocycles. The van der Waals surface area contributed by atoms with Crippen LogP contribution in [0.25, 0.3) is 0 Å². The number of aliphatic hydroxyl groups excluding tert-OH is 1. The van der Waals surface area contributed by atoms with Crippen molar-refractivity contribution >= 4 is 11.7 Å². The van der Waals surface area contributed by atoms with Gasteiger partial charge in [0, 0.05) is 31.0 Å². The Kier molecular flexibility index (Phi) is 11.0. The number of carbonyl (C=O) groups excluding carboxylic acids is 2. The van der Waals surface area contributed by atoms with Gasteiger partial charge in [0.15, 0.2) is 17.3 Å². The van der Waals surface area contributed by atoms with Gasteiger partial charge in [0.05, 0.1) is 13.2 Å². The Bertz CT molecular complexity index is 1070. The number of carbonyl (C=O) groups is 2. The third-order valence-corrected chi connectivity index (χ3v) is 7.59. The zero-order chi connectivity index (χ0) is 27.5. The van der Waals surface area contributed by atoms with Crippen LogP contribution in [0.15, 0.2) is 42.5 Å². The van der Waals surface area contributed by atoms with Crippen molar-refractivity contribution in [2.45, 2.75) is 82.4 Å². The van der Waals surface area contributed by atoms with Gasteiger partial charge < -0.3 is 30.0 Å². The number of Topliss-reactive ketones (excluding diaryl/α,β-unsaturated/α-hetero) is 1. The van der Waals surface area contributed by atoms with Crippen molar-refractivity contribution in [3.05, 3.63) is 53.6 Å². The standard InChI is InChI=1S/C31H42N2O6/c1-37-25-15-12-22(13-16-25)27(34)10-6-3-7-11-30(35)33-26(21-32-24-8-4-2-5-9-24)31(36)23-14-17-28-29(20-23)39-19-18-38-28/h12-17,20,24,26,31-32,36H,2-11,18-19,21H2,1H3,(H,33,35)/t26-,31-/m1/s1. The number of nitrogens with one attached hydrogen (secondary N) is 2. The average Bonchev–Trinajstić information content (AvgIpc) is 2.99. The van der Waals surface area contributed by atoms with Crippen molar-refractivity contribution in [1.29, 1.82) is 0 Å². The first-order valence-corrected chi connectivity index (χ1v) is 14.3. The SMILES string of the molecule is COc1ccc(C(=O)CCCCCC(=O)N[C@H](CNC2CCCCC2)[C@H](O)c2ccc3c(c2)OCCO3)cc1. The number of amides is 1.